The zero-order valence-electron chi connectivity index (χ0n) is 12.4. The fourth-order valence-electron chi connectivity index (χ4n) is 3.11. The lowest BCUT2D eigenvalue weighted by Crippen LogP contribution is -2.39. The highest BCUT2D eigenvalue weighted by Crippen LogP contribution is 2.22. The van der Waals surface area contributed by atoms with Gasteiger partial charge in [0.2, 0.25) is 5.91 Å². The first-order valence-electron chi connectivity index (χ1n) is 7.92. The van der Waals surface area contributed by atoms with Crippen LogP contribution < -0.4 is 5.32 Å². The Balaban J connectivity index is 1.35. The van der Waals surface area contributed by atoms with Gasteiger partial charge in [-0.05, 0) is 25.8 Å². The monoisotopic (exact) mass is 292 g/mol. The van der Waals surface area contributed by atoms with Gasteiger partial charge in [-0.15, -0.1) is 0 Å². The second kappa shape index (κ2) is 7.04. The molecule has 1 saturated heterocycles. The van der Waals surface area contributed by atoms with Crippen molar-refractivity contribution in [2.45, 2.75) is 25.7 Å². The van der Waals surface area contributed by atoms with E-state index in [1.54, 1.807) is 6.33 Å². The molecule has 1 atom stereocenters. The van der Waals surface area contributed by atoms with Crippen LogP contribution in [0, 0.1) is 5.92 Å². The molecule has 2 heterocycles. The molecule has 2 N–H and O–H groups in total. The molecule has 1 aromatic heterocycles. The average Bonchev–Trinajstić information content (AvgIpc) is 3.00. The van der Waals surface area contributed by atoms with Gasteiger partial charge in [0.05, 0.1) is 25.2 Å². The molecular formula is C15H24N4O2. The lowest BCUT2D eigenvalue weighted by molar-refractivity contribution is -0.125. The number of rotatable bonds is 5. The van der Waals surface area contributed by atoms with E-state index in [9.17, 15) is 4.79 Å². The largest absolute Gasteiger partial charge is 0.379 e. The fraction of sp³-hybridized carbons (Fsp3) is 0.733. The molecule has 0 radical (unpaired) electrons. The summed E-state index contributed by atoms with van der Waals surface area (Å²) in [7, 11) is 0. The first-order valence-corrected chi connectivity index (χ1v) is 7.92. The molecule has 116 valence electrons. The van der Waals surface area contributed by atoms with E-state index in [1.807, 2.05) is 0 Å². The number of H-pyrrole nitrogens is 1. The molecule has 6 nitrogen and oxygen atoms in total. The van der Waals surface area contributed by atoms with Crippen LogP contribution in [-0.4, -0.2) is 60.2 Å². The maximum atomic E-state index is 12.2. The average molecular weight is 292 g/mol. The van der Waals surface area contributed by atoms with E-state index in [4.69, 9.17) is 4.74 Å². The van der Waals surface area contributed by atoms with Crippen molar-refractivity contribution in [3.05, 3.63) is 17.7 Å². The molecule has 21 heavy (non-hydrogen) atoms. The molecule has 1 aliphatic heterocycles. The molecule has 1 aliphatic carbocycles. The van der Waals surface area contributed by atoms with Gasteiger partial charge in [-0.1, -0.05) is 0 Å². The van der Waals surface area contributed by atoms with Gasteiger partial charge in [0.1, 0.15) is 0 Å². The minimum Gasteiger partial charge on any atom is -0.379 e. The summed E-state index contributed by atoms with van der Waals surface area (Å²) in [6.07, 6.45) is 5.35. The number of carbonyl (C=O) groups is 1. The SMILES string of the molecule is O=C(NCCCN1CCOCC1)[C@@H]1CCc2nc[nH]c2C1. The molecule has 1 aromatic rings. The van der Waals surface area contributed by atoms with Gasteiger partial charge < -0.3 is 15.0 Å². The Labute approximate surface area is 125 Å². The maximum Gasteiger partial charge on any atom is 0.223 e. The van der Waals surface area contributed by atoms with E-state index in [0.717, 1.165) is 76.5 Å². The number of morpholine rings is 1. The van der Waals surface area contributed by atoms with Gasteiger partial charge in [0.25, 0.3) is 0 Å². The highest BCUT2D eigenvalue weighted by Gasteiger charge is 2.25. The van der Waals surface area contributed by atoms with Gasteiger partial charge in [0, 0.05) is 37.7 Å². The zero-order valence-corrected chi connectivity index (χ0v) is 12.4. The number of imidazole rings is 1. The zero-order chi connectivity index (χ0) is 14.5. The molecule has 0 unspecified atom stereocenters. The second-order valence-corrected chi connectivity index (χ2v) is 5.87. The van der Waals surface area contributed by atoms with Crippen molar-refractivity contribution in [1.82, 2.24) is 20.2 Å². The van der Waals surface area contributed by atoms with Crippen molar-refractivity contribution in [2.24, 2.45) is 5.92 Å². The molecule has 2 aliphatic rings. The second-order valence-electron chi connectivity index (χ2n) is 5.87. The van der Waals surface area contributed by atoms with Crippen LogP contribution in [0.2, 0.25) is 0 Å². The summed E-state index contributed by atoms with van der Waals surface area (Å²) in [6, 6.07) is 0. The summed E-state index contributed by atoms with van der Waals surface area (Å²) in [5.41, 5.74) is 2.26. The normalized spacial score (nSPS) is 22.8. The third-order valence-electron chi connectivity index (χ3n) is 4.41. The molecule has 0 bridgehead atoms. The van der Waals surface area contributed by atoms with Crippen LogP contribution >= 0.6 is 0 Å². The van der Waals surface area contributed by atoms with Crippen LogP contribution in [-0.2, 0) is 22.4 Å². The Bertz CT molecular complexity index is 468. The summed E-state index contributed by atoms with van der Waals surface area (Å²) < 4.78 is 5.33. The van der Waals surface area contributed by atoms with E-state index in [2.05, 4.69) is 20.2 Å². The third kappa shape index (κ3) is 3.83. The molecular weight excluding hydrogens is 268 g/mol. The molecule has 6 heteroatoms. The standard InChI is InChI=1S/C15H24N4O2/c20-15(12-2-3-13-14(10-12)18-11-17-13)16-4-1-5-19-6-8-21-9-7-19/h11-12H,1-10H2,(H,16,20)(H,17,18)/t12-/m1/s1. The predicted molar refractivity (Wildman–Crippen MR) is 79.0 cm³/mol. The first-order chi connectivity index (χ1) is 10.3. The van der Waals surface area contributed by atoms with Gasteiger partial charge in [-0.2, -0.15) is 0 Å². The first kappa shape index (κ1) is 14.5. The summed E-state index contributed by atoms with van der Waals surface area (Å²) >= 11 is 0. The lowest BCUT2D eigenvalue weighted by atomic mass is 9.89. The minimum atomic E-state index is 0.0985. The number of aromatic nitrogens is 2. The highest BCUT2D eigenvalue weighted by molar-refractivity contribution is 5.79. The number of nitrogens with zero attached hydrogens (tertiary/aromatic N) is 2. The van der Waals surface area contributed by atoms with Crippen LogP contribution in [0.5, 0.6) is 0 Å². The number of aryl methyl sites for hydroxylation is 1. The van der Waals surface area contributed by atoms with Crippen LogP contribution in [0.4, 0.5) is 0 Å². The molecule has 1 fully saturated rings. The summed E-state index contributed by atoms with van der Waals surface area (Å²) in [5.74, 6) is 0.290. The van der Waals surface area contributed by atoms with Crippen molar-refractivity contribution < 1.29 is 9.53 Å². The van der Waals surface area contributed by atoms with Crippen molar-refractivity contribution in [3.8, 4) is 0 Å². The van der Waals surface area contributed by atoms with E-state index >= 15 is 0 Å². The Morgan fingerprint density at radius 2 is 2.33 bits per heavy atom. The lowest BCUT2D eigenvalue weighted by Gasteiger charge is -2.26. The van der Waals surface area contributed by atoms with E-state index in [-0.39, 0.29) is 11.8 Å². The summed E-state index contributed by atoms with van der Waals surface area (Å²) in [6.45, 7) is 5.50. The van der Waals surface area contributed by atoms with E-state index < -0.39 is 0 Å². The molecule has 1 amide bonds. The third-order valence-corrected chi connectivity index (χ3v) is 4.41. The van der Waals surface area contributed by atoms with Crippen molar-refractivity contribution in [2.75, 3.05) is 39.4 Å². The van der Waals surface area contributed by atoms with Crippen molar-refractivity contribution in [3.63, 3.8) is 0 Å². The topological polar surface area (TPSA) is 70.2 Å². The van der Waals surface area contributed by atoms with Gasteiger partial charge in [-0.25, -0.2) is 4.98 Å². The van der Waals surface area contributed by atoms with Crippen LogP contribution in [0.15, 0.2) is 6.33 Å². The Kier molecular flexibility index (Phi) is 4.87. The number of amides is 1. The van der Waals surface area contributed by atoms with Gasteiger partial charge in [-0.3, -0.25) is 9.69 Å². The van der Waals surface area contributed by atoms with Crippen LogP contribution in [0.3, 0.4) is 0 Å². The van der Waals surface area contributed by atoms with Crippen molar-refractivity contribution in [1.29, 1.82) is 0 Å². The molecule has 0 spiro atoms. The van der Waals surface area contributed by atoms with E-state index in [0.29, 0.717) is 0 Å². The fourth-order valence-corrected chi connectivity index (χ4v) is 3.11. The summed E-state index contributed by atoms with van der Waals surface area (Å²) in [5, 5.41) is 3.08. The van der Waals surface area contributed by atoms with Gasteiger partial charge >= 0.3 is 0 Å². The quantitative estimate of drug-likeness (QED) is 0.769. The Morgan fingerprint density at radius 1 is 1.48 bits per heavy atom. The number of hydrogen-bond acceptors (Lipinski definition) is 4. The maximum absolute atomic E-state index is 12.2. The van der Waals surface area contributed by atoms with Gasteiger partial charge in [0.15, 0.2) is 0 Å². The Morgan fingerprint density at radius 3 is 3.19 bits per heavy atom. The molecule has 3 rings (SSSR count). The smallest absolute Gasteiger partial charge is 0.223 e. The number of carbonyl (C=O) groups excluding carboxylic acids is 1. The number of hydrogen-bond donors (Lipinski definition) is 2. The van der Waals surface area contributed by atoms with Crippen LogP contribution in [0.25, 0.3) is 0 Å². The van der Waals surface area contributed by atoms with Crippen molar-refractivity contribution >= 4 is 5.91 Å². The Hall–Kier alpha value is -1.40. The molecule has 0 saturated carbocycles. The van der Waals surface area contributed by atoms with Crippen LogP contribution in [0.1, 0.15) is 24.2 Å². The number of fused-ring (bicyclic) bond motifs is 1. The number of aromatic amines is 1. The number of nitrogens with one attached hydrogen (secondary N) is 2. The number of ether oxygens (including phenoxy) is 1. The molecule has 0 aromatic carbocycles. The minimum absolute atomic E-state index is 0.0985. The summed E-state index contributed by atoms with van der Waals surface area (Å²) in [4.78, 5) is 22.0. The predicted octanol–water partition coefficient (Wildman–Crippen LogP) is 0.353. The van der Waals surface area contributed by atoms with E-state index in [1.165, 1.54) is 0 Å². The highest BCUT2D eigenvalue weighted by atomic mass is 16.5.